The molecule has 1 unspecified atom stereocenters. The van der Waals surface area contributed by atoms with Crippen LogP contribution in [-0.4, -0.2) is 0 Å². The zero-order valence-corrected chi connectivity index (χ0v) is 15.5. The first-order valence-corrected chi connectivity index (χ1v) is 9.90. The minimum Gasteiger partial charge on any atom is -0.0651 e. The fourth-order valence-electron chi connectivity index (χ4n) is 4.32. The van der Waals surface area contributed by atoms with Crippen molar-refractivity contribution in [3.8, 4) is 0 Å². The van der Waals surface area contributed by atoms with Crippen LogP contribution in [0.2, 0.25) is 0 Å². The molecule has 1 aliphatic rings. The van der Waals surface area contributed by atoms with Gasteiger partial charge in [-0.05, 0) is 76.6 Å². The molecule has 128 valence electrons. The second kappa shape index (κ2) is 7.04. The van der Waals surface area contributed by atoms with E-state index in [1.165, 1.54) is 59.6 Å². The van der Waals surface area contributed by atoms with Gasteiger partial charge < -0.3 is 0 Å². The Morgan fingerprint density at radius 3 is 2.44 bits per heavy atom. The van der Waals surface area contributed by atoms with E-state index in [0.29, 0.717) is 5.92 Å². The first-order valence-electron chi connectivity index (χ1n) is 9.90. The molecule has 0 fully saturated rings. The zero-order chi connectivity index (χ0) is 17.2. The van der Waals surface area contributed by atoms with Crippen molar-refractivity contribution in [2.24, 2.45) is 0 Å². The predicted molar refractivity (Wildman–Crippen MR) is 109 cm³/mol. The minimum atomic E-state index is 0.666. The van der Waals surface area contributed by atoms with Crippen molar-refractivity contribution < 1.29 is 0 Å². The maximum atomic E-state index is 2.43. The van der Waals surface area contributed by atoms with Crippen molar-refractivity contribution in [2.45, 2.75) is 58.3 Å². The van der Waals surface area contributed by atoms with Gasteiger partial charge in [-0.2, -0.15) is 0 Å². The summed E-state index contributed by atoms with van der Waals surface area (Å²) < 4.78 is 0. The third-order valence-corrected chi connectivity index (χ3v) is 5.85. The molecule has 0 amide bonds. The molecule has 0 heteroatoms. The first kappa shape index (κ1) is 16.4. The smallest absolute Gasteiger partial charge is 0.0118 e. The molecule has 0 heterocycles. The molecular weight excluding hydrogens is 300 g/mol. The Morgan fingerprint density at radius 2 is 1.60 bits per heavy atom. The van der Waals surface area contributed by atoms with Crippen LogP contribution < -0.4 is 0 Å². The van der Waals surface area contributed by atoms with Crippen molar-refractivity contribution in [3.63, 3.8) is 0 Å². The molecule has 0 aliphatic heterocycles. The van der Waals surface area contributed by atoms with Crippen molar-refractivity contribution >= 4 is 10.8 Å². The summed E-state index contributed by atoms with van der Waals surface area (Å²) in [6.45, 7) is 4.49. The maximum absolute atomic E-state index is 2.43. The van der Waals surface area contributed by atoms with E-state index in [9.17, 15) is 0 Å². The molecule has 0 spiro atoms. The molecule has 0 aromatic heterocycles. The maximum Gasteiger partial charge on any atom is -0.0118 e. The van der Waals surface area contributed by atoms with Crippen LogP contribution in [0.3, 0.4) is 0 Å². The molecular formula is C25H28. The zero-order valence-electron chi connectivity index (χ0n) is 15.5. The number of aryl methyl sites for hydroxylation is 3. The highest BCUT2D eigenvalue weighted by Crippen LogP contribution is 2.34. The van der Waals surface area contributed by atoms with Gasteiger partial charge in [0.1, 0.15) is 0 Å². The lowest BCUT2D eigenvalue weighted by molar-refractivity contribution is 0.585. The number of hydrogen-bond donors (Lipinski definition) is 0. The monoisotopic (exact) mass is 328 g/mol. The van der Waals surface area contributed by atoms with E-state index in [1.54, 1.807) is 11.1 Å². The molecule has 1 atom stereocenters. The second-order valence-electron chi connectivity index (χ2n) is 7.59. The summed E-state index contributed by atoms with van der Waals surface area (Å²) in [7, 11) is 0. The fourth-order valence-corrected chi connectivity index (χ4v) is 4.32. The average molecular weight is 328 g/mol. The highest BCUT2D eigenvalue weighted by Gasteiger charge is 2.20. The Balaban J connectivity index is 1.60. The van der Waals surface area contributed by atoms with Crippen LogP contribution in [0.15, 0.2) is 54.6 Å². The van der Waals surface area contributed by atoms with Gasteiger partial charge in [-0.15, -0.1) is 0 Å². The lowest BCUT2D eigenvalue weighted by Crippen LogP contribution is -2.13. The molecule has 0 bridgehead atoms. The van der Waals surface area contributed by atoms with E-state index < -0.39 is 0 Å². The van der Waals surface area contributed by atoms with Gasteiger partial charge in [0.15, 0.2) is 0 Å². The summed E-state index contributed by atoms with van der Waals surface area (Å²) in [5.41, 5.74) is 7.60. The van der Waals surface area contributed by atoms with Gasteiger partial charge in [0, 0.05) is 0 Å². The SMILES string of the molecule is CCCc1ccc2cc(C3CCc4cc(CC)ccc4C3)ccc2c1. The van der Waals surface area contributed by atoms with Crippen molar-refractivity contribution in [3.05, 3.63) is 82.4 Å². The number of hydrogen-bond acceptors (Lipinski definition) is 0. The molecule has 0 radical (unpaired) electrons. The van der Waals surface area contributed by atoms with Gasteiger partial charge in [0.05, 0.1) is 0 Å². The molecule has 0 nitrogen and oxygen atoms in total. The van der Waals surface area contributed by atoms with Crippen LogP contribution in [0.5, 0.6) is 0 Å². The van der Waals surface area contributed by atoms with Gasteiger partial charge >= 0.3 is 0 Å². The van der Waals surface area contributed by atoms with Crippen molar-refractivity contribution in [1.29, 1.82) is 0 Å². The molecule has 25 heavy (non-hydrogen) atoms. The minimum absolute atomic E-state index is 0.666. The lowest BCUT2D eigenvalue weighted by atomic mass is 9.79. The standard InChI is InChI=1S/C25H28/c1-3-5-19-7-9-23-17-25(13-11-21(23)15-19)24-12-10-20-14-18(4-2)6-8-22(20)16-24/h6-9,11,13-15,17,24H,3-5,10,12,16H2,1-2H3. The van der Waals surface area contributed by atoms with E-state index in [1.807, 2.05) is 0 Å². The van der Waals surface area contributed by atoms with Gasteiger partial charge in [-0.1, -0.05) is 74.9 Å². The van der Waals surface area contributed by atoms with Gasteiger partial charge in [-0.3, -0.25) is 0 Å². The van der Waals surface area contributed by atoms with E-state index >= 15 is 0 Å². The summed E-state index contributed by atoms with van der Waals surface area (Å²) >= 11 is 0. The van der Waals surface area contributed by atoms with E-state index in [-0.39, 0.29) is 0 Å². The Labute approximate surface area is 151 Å². The molecule has 0 saturated carbocycles. The van der Waals surface area contributed by atoms with Crippen LogP contribution in [0.4, 0.5) is 0 Å². The van der Waals surface area contributed by atoms with Crippen LogP contribution in [0.25, 0.3) is 10.8 Å². The highest BCUT2D eigenvalue weighted by molar-refractivity contribution is 5.84. The second-order valence-corrected chi connectivity index (χ2v) is 7.59. The Kier molecular flexibility index (Phi) is 4.61. The van der Waals surface area contributed by atoms with Crippen LogP contribution >= 0.6 is 0 Å². The summed E-state index contributed by atoms with van der Waals surface area (Å²) in [6.07, 6.45) is 7.22. The largest absolute Gasteiger partial charge is 0.0651 e. The van der Waals surface area contributed by atoms with Crippen LogP contribution in [0, 0.1) is 0 Å². The predicted octanol–water partition coefficient (Wildman–Crippen LogP) is 6.63. The number of rotatable bonds is 4. The van der Waals surface area contributed by atoms with Crippen molar-refractivity contribution in [1.82, 2.24) is 0 Å². The third-order valence-electron chi connectivity index (χ3n) is 5.85. The molecule has 3 aromatic rings. The number of fused-ring (bicyclic) bond motifs is 2. The quantitative estimate of drug-likeness (QED) is 0.504. The summed E-state index contributed by atoms with van der Waals surface area (Å²) in [4.78, 5) is 0. The topological polar surface area (TPSA) is 0 Å². The Hall–Kier alpha value is -2.08. The molecule has 0 saturated heterocycles. The summed E-state index contributed by atoms with van der Waals surface area (Å²) in [5, 5.41) is 2.78. The van der Waals surface area contributed by atoms with Crippen LogP contribution in [-0.2, 0) is 25.7 Å². The first-order chi connectivity index (χ1) is 12.3. The van der Waals surface area contributed by atoms with Gasteiger partial charge in [0.25, 0.3) is 0 Å². The highest BCUT2D eigenvalue weighted by atomic mass is 14.2. The Bertz CT molecular complexity index is 888. The molecule has 4 rings (SSSR count). The summed E-state index contributed by atoms with van der Waals surface area (Å²) in [6, 6.07) is 21.2. The van der Waals surface area contributed by atoms with Crippen LogP contribution in [0.1, 0.15) is 60.4 Å². The average Bonchev–Trinajstić information content (AvgIpc) is 2.67. The number of benzene rings is 3. The van der Waals surface area contributed by atoms with E-state index in [4.69, 9.17) is 0 Å². The fraction of sp³-hybridized carbons (Fsp3) is 0.360. The third kappa shape index (κ3) is 3.35. The van der Waals surface area contributed by atoms with E-state index in [2.05, 4.69) is 68.4 Å². The normalized spacial score (nSPS) is 16.8. The molecule has 1 aliphatic carbocycles. The van der Waals surface area contributed by atoms with Gasteiger partial charge in [-0.25, -0.2) is 0 Å². The summed E-state index contributed by atoms with van der Waals surface area (Å²) in [5.74, 6) is 0.666. The lowest BCUT2D eigenvalue weighted by Gasteiger charge is -2.26. The molecule has 0 N–H and O–H groups in total. The van der Waals surface area contributed by atoms with Gasteiger partial charge in [0.2, 0.25) is 0 Å². The molecule has 3 aromatic carbocycles. The Morgan fingerprint density at radius 1 is 0.800 bits per heavy atom. The van der Waals surface area contributed by atoms with E-state index in [0.717, 1.165) is 6.42 Å². The van der Waals surface area contributed by atoms with Crippen molar-refractivity contribution in [2.75, 3.05) is 0 Å².